The molecule has 16 heavy (non-hydrogen) atoms. The molecule has 1 aromatic rings. The molecule has 0 saturated carbocycles. The van der Waals surface area contributed by atoms with Crippen molar-refractivity contribution in [2.45, 2.75) is 31.8 Å². The fraction of sp³-hybridized carbons (Fsp3) is 0.583. The highest BCUT2D eigenvalue weighted by atomic mass is 16.3. The maximum atomic E-state index is 9.26. The number of aliphatic hydroxyl groups excluding tert-OH is 1. The van der Waals surface area contributed by atoms with Crippen LogP contribution in [0.4, 0.5) is 5.69 Å². The third kappa shape index (κ3) is 2.18. The topological polar surface area (TPSA) is 62.4 Å². The van der Waals surface area contributed by atoms with E-state index in [0.29, 0.717) is 0 Å². The van der Waals surface area contributed by atoms with Gasteiger partial charge in [-0.1, -0.05) is 0 Å². The van der Waals surface area contributed by atoms with Gasteiger partial charge in [-0.3, -0.25) is 4.98 Å². The Morgan fingerprint density at radius 3 is 3.00 bits per heavy atom. The smallest absolute Gasteiger partial charge is 0.0635 e. The van der Waals surface area contributed by atoms with Crippen LogP contribution in [0.15, 0.2) is 18.3 Å². The van der Waals surface area contributed by atoms with Gasteiger partial charge in [0.2, 0.25) is 0 Å². The summed E-state index contributed by atoms with van der Waals surface area (Å²) in [5, 5.41) is 9.26. The molecule has 1 fully saturated rings. The van der Waals surface area contributed by atoms with Gasteiger partial charge in [0.05, 0.1) is 30.2 Å². The van der Waals surface area contributed by atoms with E-state index in [-0.39, 0.29) is 18.7 Å². The van der Waals surface area contributed by atoms with Crippen LogP contribution in [0.3, 0.4) is 0 Å². The van der Waals surface area contributed by atoms with Crippen LogP contribution < -0.4 is 10.6 Å². The number of hydrogen-bond acceptors (Lipinski definition) is 4. The molecule has 0 spiro atoms. The quantitative estimate of drug-likeness (QED) is 0.801. The SMILES string of the molecule is CC(N)c1ccc(N2CCCC2CO)cn1. The number of nitrogens with two attached hydrogens (primary N) is 1. The molecule has 0 amide bonds. The average molecular weight is 221 g/mol. The molecule has 3 N–H and O–H groups in total. The van der Waals surface area contributed by atoms with Crippen molar-refractivity contribution in [2.24, 2.45) is 5.73 Å². The Hall–Kier alpha value is -1.13. The van der Waals surface area contributed by atoms with Crippen LogP contribution in [0.25, 0.3) is 0 Å². The number of aromatic nitrogens is 1. The van der Waals surface area contributed by atoms with Gasteiger partial charge in [0.15, 0.2) is 0 Å². The average Bonchev–Trinajstić information content (AvgIpc) is 2.77. The van der Waals surface area contributed by atoms with Gasteiger partial charge in [-0.2, -0.15) is 0 Å². The van der Waals surface area contributed by atoms with Crippen LogP contribution in [0.5, 0.6) is 0 Å². The standard InChI is InChI=1S/C12H19N3O/c1-9(13)12-5-4-10(7-14-12)15-6-2-3-11(15)8-16/h4-5,7,9,11,16H,2-3,6,8,13H2,1H3. The Labute approximate surface area is 96.1 Å². The van der Waals surface area contributed by atoms with E-state index in [1.807, 2.05) is 25.3 Å². The molecule has 1 aromatic heterocycles. The van der Waals surface area contributed by atoms with E-state index in [4.69, 9.17) is 5.73 Å². The highest BCUT2D eigenvalue weighted by Gasteiger charge is 2.23. The number of anilines is 1. The van der Waals surface area contributed by atoms with Crippen molar-refractivity contribution in [1.82, 2.24) is 4.98 Å². The van der Waals surface area contributed by atoms with Gasteiger partial charge in [-0.15, -0.1) is 0 Å². The van der Waals surface area contributed by atoms with Crippen molar-refractivity contribution >= 4 is 5.69 Å². The first kappa shape index (κ1) is 11.4. The summed E-state index contributed by atoms with van der Waals surface area (Å²) < 4.78 is 0. The lowest BCUT2D eigenvalue weighted by Crippen LogP contribution is -2.32. The maximum absolute atomic E-state index is 9.26. The Balaban J connectivity index is 2.15. The molecule has 2 rings (SSSR count). The lowest BCUT2D eigenvalue weighted by molar-refractivity contribution is 0.266. The van der Waals surface area contributed by atoms with Gasteiger partial charge in [-0.05, 0) is 31.9 Å². The monoisotopic (exact) mass is 221 g/mol. The van der Waals surface area contributed by atoms with E-state index in [1.54, 1.807) is 0 Å². The van der Waals surface area contributed by atoms with Gasteiger partial charge in [-0.25, -0.2) is 0 Å². The van der Waals surface area contributed by atoms with Gasteiger partial charge < -0.3 is 15.7 Å². The van der Waals surface area contributed by atoms with E-state index in [1.165, 1.54) is 0 Å². The fourth-order valence-electron chi connectivity index (χ4n) is 2.20. The zero-order chi connectivity index (χ0) is 11.5. The van der Waals surface area contributed by atoms with Crippen molar-refractivity contribution in [3.8, 4) is 0 Å². The van der Waals surface area contributed by atoms with Gasteiger partial charge in [0.1, 0.15) is 0 Å². The summed E-state index contributed by atoms with van der Waals surface area (Å²) >= 11 is 0. The van der Waals surface area contributed by atoms with Crippen LogP contribution in [0, 0.1) is 0 Å². The molecule has 2 atom stereocenters. The molecular weight excluding hydrogens is 202 g/mol. The largest absolute Gasteiger partial charge is 0.394 e. The molecular formula is C12H19N3O. The third-order valence-electron chi connectivity index (χ3n) is 3.16. The van der Waals surface area contributed by atoms with Crippen molar-refractivity contribution in [1.29, 1.82) is 0 Å². The molecule has 2 heterocycles. The second-order valence-corrected chi connectivity index (χ2v) is 4.40. The van der Waals surface area contributed by atoms with Crippen molar-refractivity contribution in [3.05, 3.63) is 24.0 Å². The molecule has 0 aliphatic carbocycles. The van der Waals surface area contributed by atoms with Crippen LogP contribution in [-0.2, 0) is 0 Å². The first-order chi connectivity index (χ1) is 7.72. The summed E-state index contributed by atoms with van der Waals surface area (Å²) in [6.45, 7) is 3.15. The molecule has 0 radical (unpaired) electrons. The second kappa shape index (κ2) is 4.80. The first-order valence-corrected chi connectivity index (χ1v) is 5.81. The van der Waals surface area contributed by atoms with Crippen LogP contribution in [0.1, 0.15) is 31.5 Å². The highest BCUT2D eigenvalue weighted by molar-refractivity contribution is 5.47. The number of pyridine rings is 1. The molecule has 0 aromatic carbocycles. The summed E-state index contributed by atoms with van der Waals surface area (Å²) in [5.74, 6) is 0. The summed E-state index contributed by atoms with van der Waals surface area (Å²) in [6, 6.07) is 4.23. The minimum Gasteiger partial charge on any atom is -0.394 e. The molecule has 1 aliphatic rings. The summed E-state index contributed by atoms with van der Waals surface area (Å²) in [7, 11) is 0. The van der Waals surface area contributed by atoms with Crippen molar-refractivity contribution in [2.75, 3.05) is 18.1 Å². The van der Waals surface area contributed by atoms with Gasteiger partial charge in [0, 0.05) is 12.6 Å². The predicted octanol–water partition coefficient (Wildman–Crippen LogP) is 1.06. The minimum absolute atomic E-state index is 0.0266. The number of hydrogen-bond donors (Lipinski definition) is 2. The molecule has 1 saturated heterocycles. The molecule has 88 valence electrons. The van der Waals surface area contributed by atoms with Gasteiger partial charge in [0.25, 0.3) is 0 Å². The highest BCUT2D eigenvalue weighted by Crippen LogP contribution is 2.25. The number of aliphatic hydroxyl groups is 1. The molecule has 1 aliphatic heterocycles. The normalized spacial score (nSPS) is 22.4. The third-order valence-corrected chi connectivity index (χ3v) is 3.16. The summed E-state index contributed by atoms with van der Waals surface area (Å²) in [4.78, 5) is 6.56. The molecule has 4 heteroatoms. The van der Waals surface area contributed by atoms with Gasteiger partial charge >= 0.3 is 0 Å². The van der Waals surface area contributed by atoms with Crippen LogP contribution in [0.2, 0.25) is 0 Å². The van der Waals surface area contributed by atoms with E-state index in [9.17, 15) is 5.11 Å². The van der Waals surface area contributed by atoms with E-state index in [2.05, 4.69) is 9.88 Å². The molecule has 2 unspecified atom stereocenters. The summed E-state index contributed by atoms with van der Waals surface area (Å²) in [6.07, 6.45) is 4.05. The summed E-state index contributed by atoms with van der Waals surface area (Å²) in [5.41, 5.74) is 7.74. The van der Waals surface area contributed by atoms with E-state index >= 15 is 0 Å². The number of rotatable bonds is 3. The van der Waals surface area contributed by atoms with Crippen molar-refractivity contribution in [3.63, 3.8) is 0 Å². The maximum Gasteiger partial charge on any atom is 0.0635 e. The minimum atomic E-state index is -0.0266. The first-order valence-electron chi connectivity index (χ1n) is 5.81. The van der Waals surface area contributed by atoms with Crippen molar-refractivity contribution < 1.29 is 5.11 Å². The Bertz CT molecular complexity index is 337. The van der Waals surface area contributed by atoms with E-state index in [0.717, 1.165) is 30.8 Å². The lowest BCUT2D eigenvalue weighted by atomic mass is 10.2. The van der Waals surface area contributed by atoms with E-state index < -0.39 is 0 Å². The number of nitrogens with zero attached hydrogens (tertiary/aromatic N) is 2. The predicted molar refractivity (Wildman–Crippen MR) is 64.3 cm³/mol. The molecule has 0 bridgehead atoms. The lowest BCUT2D eigenvalue weighted by Gasteiger charge is -2.25. The van der Waals surface area contributed by atoms with Crippen LogP contribution >= 0.6 is 0 Å². The van der Waals surface area contributed by atoms with Crippen LogP contribution in [-0.4, -0.2) is 29.3 Å². The Kier molecular flexibility index (Phi) is 3.41. The Morgan fingerprint density at radius 1 is 1.62 bits per heavy atom. The Morgan fingerprint density at radius 2 is 2.44 bits per heavy atom. The second-order valence-electron chi connectivity index (χ2n) is 4.40. The fourth-order valence-corrected chi connectivity index (χ4v) is 2.20. The molecule has 4 nitrogen and oxygen atoms in total. The zero-order valence-electron chi connectivity index (χ0n) is 9.63. The zero-order valence-corrected chi connectivity index (χ0v) is 9.63.